The third kappa shape index (κ3) is 5.07. The topological polar surface area (TPSA) is 97.2 Å². The van der Waals surface area contributed by atoms with Crippen molar-refractivity contribution in [1.29, 1.82) is 0 Å². The summed E-state index contributed by atoms with van der Waals surface area (Å²) in [5.74, 6) is -0.260. The highest BCUT2D eigenvalue weighted by Crippen LogP contribution is 2.30. The van der Waals surface area contributed by atoms with Gasteiger partial charge < -0.3 is 14.6 Å². The monoisotopic (exact) mass is 342 g/mol. The van der Waals surface area contributed by atoms with Crippen molar-refractivity contribution in [3.05, 3.63) is 59.2 Å². The Morgan fingerprint density at radius 2 is 1.92 bits per heavy atom. The lowest BCUT2D eigenvalue weighted by atomic mass is 10.1. The Bertz CT molecular complexity index is 785. The molecule has 1 amide bonds. The lowest BCUT2D eigenvalue weighted by Crippen LogP contribution is -2.12. The molecule has 0 heterocycles. The molecule has 0 bridgehead atoms. The van der Waals surface area contributed by atoms with Crippen LogP contribution in [0.15, 0.2) is 47.6 Å². The fourth-order valence-electron chi connectivity index (χ4n) is 2.04. The number of para-hydroxylation sites is 1. The van der Waals surface area contributed by atoms with E-state index in [1.165, 1.54) is 32.4 Å². The maximum Gasteiger partial charge on any atom is 0.335 e. The van der Waals surface area contributed by atoms with Crippen LogP contribution in [-0.2, 0) is 11.4 Å². The first-order valence-corrected chi connectivity index (χ1v) is 7.43. The average Bonchev–Trinajstić information content (AvgIpc) is 2.60. The Hall–Kier alpha value is -3.35. The number of hydrazone groups is 1. The zero-order chi connectivity index (χ0) is 18.2. The summed E-state index contributed by atoms with van der Waals surface area (Å²) in [4.78, 5) is 21.8. The van der Waals surface area contributed by atoms with Crippen LogP contribution in [0.25, 0.3) is 0 Å². The van der Waals surface area contributed by atoms with E-state index < -0.39 is 5.97 Å². The zero-order valence-electron chi connectivity index (χ0n) is 13.9. The van der Waals surface area contributed by atoms with Crippen LogP contribution in [-0.4, -0.2) is 30.3 Å². The zero-order valence-corrected chi connectivity index (χ0v) is 13.9. The van der Waals surface area contributed by atoms with Crippen molar-refractivity contribution in [3.8, 4) is 11.5 Å². The number of nitrogens with one attached hydrogen (secondary N) is 1. The van der Waals surface area contributed by atoms with Gasteiger partial charge >= 0.3 is 5.97 Å². The molecule has 7 nitrogen and oxygen atoms in total. The number of rotatable bonds is 7. The first-order chi connectivity index (χ1) is 12.0. The van der Waals surface area contributed by atoms with E-state index in [-0.39, 0.29) is 18.1 Å². The summed E-state index contributed by atoms with van der Waals surface area (Å²) in [6.07, 6.45) is 1.47. The highest BCUT2D eigenvalue weighted by atomic mass is 16.5. The molecule has 2 aromatic carbocycles. The average molecular weight is 342 g/mol. The molecule has 7 heteroatoms. The van der Waals surface area contributed by atoms with Gasteiger partial charge in [0.2, 0.25) is 5.91 Å². The van der Waals surface area contributed by atoms with Gasteiger partial charge in [0.15, 0.2) is 11.5 Å². The molecule has 0 saturated heterocycles. The van der Waals surface area contributed by atoms with Crippen LogP contribution in [0.1, 0.15) is 28.4 Å². The second-order valence-corrected chi connectivity index (χ2v) is 5.10. The number of carboxylic acids is 1. The van der Waals surface area contributed by atoms with E-state index in [2.05, 4.69) is 10.5 Å². The molecule has 2 aromatic rings. The van der Waals surface area contributed by atoms with Crippen molar-refractivity contribution < 1.29 is 24.2 Å². The van der Waals surface area contributed by atoms with Gasteiger partial charge in [0.25, 0.3) is 0 Å². The summed E-state index contributed by atoms with van der Waals surface area (Å²) in [5.41, 5.74) is 3.98. The molecule has 0 aliphatic heterocycles. The van der Waals surface area contributed by atoms with E-state index in [0.717, 1.165) is 5.56 Å². The number of carbonyl (C=O) groups excluding carboxylic acids is 1. The van der Waals surface area contributed by atoms with E-state index in [4.69, 9.17) is 14.6 Å². The second-order valence-electron chi connectivity index (χ2n) is 5.10. The van der Waals surface area contributed by atoms with Crippen molar-refractivity contribution in [2.45, 2.75) is 13.5 Å². The lowest BCUT2D eigenvalue weighted by molar-refractivity contribution is -0.118. The van der Waals surface area contributed by atoms with Crippen LogP contribution in [0.3, 0.4) is 0 Å². The second kappa shape index (κ2) is 8.49. The molecule has 0 fully saturated rings. The molecule has 25 heavy (non-hydrogen) atoms. The van der Waals surface area contributed by atoms with Crippen LogP contribution in [0.2, 0.25) is 0 Å². The third-order valence-electron chi connectivity index (χ3n) is 3.24. The van der Waals surface area contributed by atoms with Crippen molar-refractivity contribution in [1.82, 2.24) is 5.43 Å². The molecular weight excluding hydrogens is 324 g/mol. The van der Waals surface area contributed by atoms with Crippen molar-refractivity contribution in [2.75, 3.05) is 7.11 Å². The molecular formula is C18H18N2O5. The maximum atomic E-state index is 10.9. The molecule has 2 N–H and O–H groups in total. The number of methoxy groups -OCH3 is 1. The third-order valence-corrected chi connectivity index (χ3v) is 3.24. The van der Waals surface area contributed by atoms with Crippen LogP contribution < -0.4 is 14.9 Å². The summed E-state index contributed by atoms with van der Waals surface area (Å²) in [6, 6.07) is 11.7. The van der Waals surface area contributed by atoms with Crippen LogP contribution in [0.4, 0.5) is 0 Å². The molecule has 130 valence electrons. The largest absolute Gasteiger partial charge is 0.493 e. The summed E-state index contributed by atoms with van der Waals surface area (Å²) >= 11 is 0. The molecule has 0 aliphatic rings. The van der Waals surface area contributed by atoms with Gasteiger partial charge in [0.05, 0.1) is 18.9 Å². The summed E-state index contributed by atoms with van der Waals surface area (Å²) in [5, 5.41) is 12.8. The van der Waals surface area contributed by atoms with Gasteiger partial charge in [0.1, 0.15) is 6.61 Å². The molecule has 0 unspecified atom stereocenters. The van der Waals surface area contributed by atoms with E-state index in [1.807, 2.05) is 0 Å². The maximum absolute atomic E-state index is 10.9. The number of aromatic carboxylic acids is 1. The van der Waals surface area contributed by atoms with E-state index >= 15 is 0 Å². The summed E-state index contributed by atoms with van der Waals surface area (Å²) in [6.45, 7) is 1.59. The minimum atomic E-state index is -0.978. The normalized spacial score (nSPS) is 10.5. The van der Waals surface area contributed by atoms with Gasteiger partial charge in [-0.1, -0.05) is 18.2 Å². The molecule has 0 aromatic heterocycles. The van der Waals surface area contributed by atoms with E-state index in [0.29, 0.717) is 17.1 Å². The van der Waals surface area contributed by atoms with Crippen molar-refractivity contribution in [3.63, 3.8) is 0 Å². The number of ether oxygens (including phenoxy) is 2. The summed E-state index contributed by atoms with van der Waals surface area (Å²) in [7, 11) is 1.53. The quantitative estimate of drug-likeness (QED) is 0.595. The molecule has 2 rings (SSSR count). The number of amides is 1. The first-order valence-electron chi connectivity index (χ1n) is 7.43. The number of hydrogen-bond acceptors (Lipinski definition) is 5. The predicted molar refractivity (Wildman–Crippen MR) is 92.1 cm³/mol. The lowest BCUT2D eigenvalue weighted by Gasteiger charge is -2.13. The van der Waals surface area contributed by atoms with Gasteiger partial charge in [-0.25, -0.2) is 10.2 Å². The van der Waals surface area contributed by atoms with E-state index in [1.54, 1.807) is 30.3 Å². The highest BCUT2D eigenvalue weighted by Gasteiger charge is 2.10. The van der Waals surface area contributed by atoms with Gasteiger partial charge in [0, 0.05) is 12.5 Å². The van der Waals surface area contributed by atoms with Crippen LogP contribution >= 0.6 is 0 Å². The van der Waals surface area contributed by atoms with Gasteiger partial charge in [-0.15, -0.1) is 0 Å². The Morgan fingerprint density at radius 1 is 1.20 bits per heavy atom. The smallest absolute Gasteiger partial charge is 0.335 e. The number of hydrogen-bond donors (Lipinski definition) is 2. The van der Waals surface area contributed by atoms with Gasteiger partial charge in [-0.3, -0.25) is 4.79 Å². The first kappa shape index (κ1) is 18.0. The Kier molecular flexibility index (Phi) is 6.11. The fourth-order valence-corrected chi connectivity index (χ4v) is 2.04. The van der Waals surface area contributed by atoms with Crippen LogP contribution in [0.5, 0.6) is 11.5 Å². The SMILES string of the molecule is COc1cccc(/C=N\NC(C)=O)c1OCc1ccc(C(=O)O)cc1. The van der Waals surface area contributed by atoms with Gasteiger partial charge in [-0.2, -0.15) is 5.10 Å². The molecule has 0 spiro atoms. The van der Waals surface area contributed by atoms with Crippen molar-refractivity contribution >= 4 is 18.1 Å². The minimum absolute atomic E-state index is 0.212. The molecule has 0 saturated carbocycles. The Labute approximate surface area is 144 Å². The number of carboxylic acid groups (broad SMARTS) is 1. The Morgan fingerprint density at radius 3 is 2.52 bits per heavy atom. The van der Waals surface area contributed by atoms with Crippen molar-refractivity contribution in [2.24, 2.45) is 5.10 Å². The highest BCUT2D eigenvalue weighted by molar-refractivity contribution is 5.87. The standard InChI is InChI=1S/C18H18N2O5/c1-12(21)20-19-10-15-4-3-5-16(24-2)17(15)25-11-13-6-8-14(9-7-13)18(22)23/h3-10H,11H2,1-2H3,(H,20,21)(H,22,23)/b19-10-. The minimum Gasteiger partial charge on any atom is -0.493 e. The number of carbonyl (C=O) groups is 2. The van der Waals surface area contributed by atoms with Crippen LogP contribution in [0, 0.1) is 0 Å². The Balaban J connectivity index is 2.17. The summed E-state index contributed by atoms with van der Waals surface area (Å²) < 4.78 is 11.1. The molecule has 0 atom stereocenters. The van der Waals surface area contributed by atoms with E-state index in [9.17, 15) is 9.59 Å². The van der Waals surface area contributed by atoms with Gasteiger partial charge in [-0.05, 0) is 29.8 Å². The fraction of sp³-hybridized carbons (Fsp3) is 0.167. The molecule has 0 radical (unpaired) electrons. The number of nitrogens with zero attached hydrogens (tertiary/aromatic N) is 1. The molecule has 0 aliphatic carbocycles. The predicted octanol–water partition coefficient (Wildman–Crippen LogP) is 2.44. The number of benzene rings is 2.